The third kappa shape index (κ3) is 2.65. The molecule has 2 aromatic carbocycles. The standard InChI is InChI=1S/C16H15FO/c1-12(9-10-18)14-7-8-16(17)15(11-14)13-5-3-2-4-6-13/h2-8,10-12H,9H2,1H3. The van der Waals surface area contributed by atoms with Crippen molar-refractivity contribution in [3.05, 3.63) is 59.9 Å². The molecule has 1 atom stereocenters. The van der Waals surface area contributed by atoms with Crippen LogP contribution >= 0.6 is 0 Å². The van der Waals surface area contributed by atoms with Crippen LogP contribution in [0.2, 0.25) is 0 Å². The molecule has 0 saturated carbocycles. The van der Waals surface area contributed by atoms with E-state index in [-0.39, 0.29) is 11.7 Å². The molecule has 0 saturated heterocycles. The van der Waals surface area contributed by atoms with Gasteiger partial charge in [0.25, 0.3) is 0 Å². The smallest absolute Gasteiger partial charge is 0.131 e. The summed E-state index contributed by atoms with van der Waals surface area (Å²) in [6.07, 6.45) is 1.36. The number of hydrogen-bond acceptors (Lipinski definition) is 1. The van der Waals surface area contributed by atoms with Crippen LogP contribution in [0.15, 0.2) is 48.5 Å². The van der Waals surface area contributed by atoms with Gasteiger partial charge in [-0.25, -0.2) is 4.39 Å². The number of halogens is 1. The predicted octanol–water partition coefficient (Wildman–Crippen LogP) is 4.19. The van der Waals surface area contributed by atoms with Crippen molar-refractivity contribution in [2.45, 2.75) is 19.3 Å². The highest BCUT2D eigenvalue weighted by atomic mass is 19.1. The minimum Gasteiger partial charge on any atom is -0.303 e. The van der Waals surface area contributed by atoms with E-state index in [4.69, 9.17) is 0 Å². The lowest BCUT2D eigenvalue weighted by Gasteiger charge is -2.11. The van der Waals surface area contributed by atoms with E-state index in [0.717, 1.165) is 17.4 Å². The molecule has 92 valence electrons. The highest BCUT2D eigenvalue weighted by Crippen LogP contribution is 2.27. The van der Waals surface area contributed by atoms with Crippen LogP contribution in [0, 0.1) is 5.82 Å². The summed E-state index contributed by atoms with van der Waals surface area (Å²) in [6.45, 7) is 1.97. The number of hydrogen-bond donors (Lipinski definition) is 0. The summed E-state index contributed by atoms with van der Waals surface area (Å²) in [5.74, 6) is -0.117. The van der Waals surface area contributed by atoms with Gasteiger partial charge in [0, 0.05) is 12.0 Å². The summed E-state index contributed by atoms with van der Waals surface area (Å²) in [4.78, 5) is 10.5. The molecule has 0 amide bonds. The van der Waals surface area contributed by atoms with Crippen molar-refractivity contribution in [3.8, 4) is 11.1 Å². The molecule has 0 radical (unpaired) electrons. The molecule has 2 rings (SSSR count). The van der Waals surface area contributed by atoms with Gasteiger partial charge >= 0.3 is 0 Å². The Morgan fingerprint density at radius 3 is 2.56 bits per heavy atom. The Bertz CT molecular complexity index is 534. The van der Waals surface area contributed by atoms with Crippen molar-refractivity contribution in [2.75, 3.05) is 0 Å². The van der Waals surface area contributed by atoms with Gasteiger partial charge < -0.3 is 4.79 Å². The largest absolute Gasteiger partial charge is 0.303 e. The average Bonchev–Trinajstić information content (AvgIpc) is 2.40. The third-order valence-corrected chi connectivity index (χ3v) is 3.09. The van der Waals surface area contributed by atoms with Gasteiger partial charge in [-0.05, 0) is 29.2 Å². The maximum atomic E-state index is 13.8. The van der Waals surface area contributed by atoms with Crippen LogP contribution in [0.25, 0.3) is 11.1 Å². The molecule has 1 nitrogen and oxygen atoms in total. The van der Waals surface area contributed by atoms with E-state index in [2.05, 4.69) is 0 Å². The number of aldehydes is 1. The molecule has 0 aliphatic carbocycles. The minimum atomic E-state index is -0.233. The molecule has 0 bridgehead atoms. The molecule has 18 heavy (non-hydrogen) atoms. The second-order valence-corrected chi connectivity index (χ2v) is 4.41. The first-order valence-electron chi connectivity index (χ1n) is 6.01. The van der Waals surface area contributed by atoms with Gasteiger partial charge in [-0.1, -0.05) is 43.3 Å². The first-order valence-corrected chi connectivity index (χ1v) is 6.01. The van der Waals surface area contributed by atoms with Crippen LogP contribution in [-0.2, 0) is 4.79 Å². The molecule has 0 aliphatic heterocycles. The molecule has 0 aliphatic rings. The molecule has 0 aromatic heterocycles. The van der Waals surface area contributed by atoms with E-state index in [0.29, 0.717) is 12.0 Å². The number of carbonyl (C=O) groups excluding carboxylic acids is 1. The van der Waals surface area contributed by atoms with Gasteiger partial charge in [-0.3, -0.25) is 0 Å². The Morgan fingerprint density at radius 1 is 1.17 bits per heavy atom. The van der Waals surface area contributed by atoms with Gasteiger partial charge in [0.15, 0.2) is 0 Å². The van der Waals surface area contributed by atoms with Crippen molar-refractivity contribution in [1.29, 1.82) is 0 Å². The fourth-order valence-electron chi connectivity index (χ4n) is 1.97. The van der Waals surface area contributed by atoms with Crippen LogP contribution < -0.4 is 0 Å². The highest BCUT2D eigenvalue weighted by Gasteiger charge is 2.10. The molecular formula is C16H15FO. The molecule has 0 heterocycles. The lowest BCUT2D eigenvalue weighted by Crippen LogP contribution is -1.96. The van der Waals surface area contributed by atoms with Crippen molar-refractivity contribution < 1.29 is 9.18 Å². The van der Waals surface area contributed by atoms with E-state index in [1.165, 1.54) is 6.07 Å². The third-order valence-electron chi connectivity index (χ3n) is 3.09. The zero-order chi connectivity index (χ0) is 13.0. The second-order valence-electron chi connectivity index (χ2n) is 4.41. The van der Waals surface area contributed by atoms with E-state index >= 15 is 0 Å². The molecule has 0 spiro atoms. The van der Waals surface area contributed by atoms with Crippen molar-refractivity contribution >= 4 is 6.29 Å². The van der Waals surface area contributed by atoms with Crippen LogP contribution in [-0.4, -0.2) is 6.29 Å². The summed E-state index contributed by atoms with van der Waals surface area (Å²) < 4.78 is 13.8. The number of carbonyl (C=O) groups is 1. The van der Waals surface area contributed by atoms with E-state index in [1.807, 2.05) is 43.3 Å². The lowest BCUT2D eigenvalue weighted by molar-refractivity contribution is -0.108. The Kier molecular flexibility index (Phi) is 3.88. The SMILES string of the molecule is CC(CC=O)c1ccc(F)c(-c2ccccc2)c1. The molecule has 0 N–H and O–H groups in total. The summed E-state index contributed by atoms with van der Waals surface area (Å²) >= 11 is 0. The van der Waals surface area contributed by atoms with E-state index in [9.17, 15) is 9.18 Å². The van der Waals surface area contributed by atoms with Gasteiger partial charge in [0.1, 0.15) is 12.1 Å². The van der Waals surface area contributed by atoms with Crippen LogP contribution in [0.3, 0.4) is 0 Å². The zero-order valence-corrected chi connectivity index (χ0v) is 10.3. The summed E-state index contributed by atoms with van der Waals surface area (Å²) in [7, 11) is 0. The zero-order valence-electron chi connectivity index (χ0n) is 10.3. The fourth-order valence-corrected chi connectivity index (χ4v) is 1.97. The maximum Gasteiger partial charge on any atom is 0.131 e. The fraction of sp³-hybridized carbons (Fsp3) is 0.188. The molecule has 2 heteroatoms. The second kappa shape index (κ2) is 5.58. The first-order chi connectivity index (χ1) is 8.72. The van der Waals surface area contributed by atoms with Crippen LogP contribution in [0.1, 0.15) is 24.8 Å². The van der Waals surface area contributed by atoms with Crippen molar-refractivity contribution in [1.82, 2.24) is 0 Å². The van der Waals surface area contributed by atoms with Crippen LogP contribution in [0.4, 0.5) is 4.39 Å². The average molecular weight is 242 g/mol. The number of rotatable bonds is 4. The molecule has 1 unspecified atom stereocenters. The summed E-state index contributed by atoms with van der Waals surface area (Å²) in [6, 6.07) is 14.5. The van der Waals surface area contributed by atoms with Crippen molar-refractivity contribution in [3.63, 3.8) is 0 Å². The topological polar surface area (TPSA) is 17.1 Å². The molecule has 0 fully saturated rings. The minimum absolute atomic E-state index is 0.116. The summed E-state index contributed by atoms with van der Waals surface area (Å²) in [5, 5.41) is 0. The molecular weight excluding hydrogens is 227 g/mol. The number of benzene rings is 2. The van der Waals surface area contributed by atoms with Crippen molar-refractivity contribution in [2.24, 2.45) is 0 Å². The van der Waals surface area contributed by atoms with Gasteiger partial charge in [0.05, 0.1) is 0 Å². The Hall–Kier alpha value is -1.96. The van der Waals surface area contributed by atoms with Gasteiger partial charge in [-0.2, -0.15) is 0 Å². The quantitative estimate of drug-likeness (QED) is 0.735. The van der Waals surface area contributed by atoms with E-state index < -0.39 is 0 Å². The summed E-state index contributed by atoms with van der Waals surface area (Å²) in [5.41, 5.74) is 2.43. The normalized spacial score (nSPS) is 12.1. The lowest BCUT2D eigenvalue weighted by atomic mass is 9.94. The van der Waals surface area contributed by atoms with Gasteiger partial charge in [0.2, 0.25) is 0 Å². The molecule has 2 aromatic rings. The Labute approximate surface area is 106 Å². The Balaban J connectivity index is 2.42. The van der Waals surface area contributed by atoms with E-state index in [1.54, 1.807) is 6.07 Å². The highest BCUT2D eigenvalue weighted by molar-refractivity contribution is 5.65. The maximum absolute atomic E-state index is 13.8. The van der Waals surface area contributed by atoms with Gasteiger partial charge in [-0.15, -0.1) is 0 Å². The predicted molar refractivity (Wildman–Crippen MR) is 70.9 cm³/mol. The monoisotopic (exact) mass is 242 g/mol. The first kappa shape index (κ1) is 12.5. The Morgan fingerprint density at radius 2 is 1.89 bits per heavy atom. The van der Waals surface area contributed by atoms with Crippen LogP contribution in [0.5, 0.6) is 0 Å².